The van der Waals surface area contributed by atoms with Crippen LogP contribution in [0.5, 0.6) is 0 Å². The van der Waals surface area contributed by atoms with E-state index in [-0.39, 0.29) is 11.1 Å². The van der Waals surface area contributed by atoms with Crippen LogP contribution in [0.2, 0.25) is 0 Å². The van der Waals surface area contributed by atoms with Crippen molar-refractivity contribution in [1.29, 1.82) is 0 Å². The number of carboxylic acid groups (broad SMARTS) is 1. The molecule has 3 amide bonds. The lowest BCUT2D eigenvalue weighted by Crippen LogP contribution is -2.43. The number of carbonyl (C=O) groups is 3. The van der Waals surface area contributed by atoms with Crippen LogP contribution in [-0.4, -0.2) is 41.0 Å². The largest absolute Gasteiger partial charge is 0.478 e. The normalized spacial score (nSPS) is 11.6. The number of nitrogens with one attached hydrogen (secondary N) is 1. The van der Waals surface area contributed by atoms with Crippen molar-refractivity contribution in [2.45, 2.75) is 40.5 Å². The number of unbranched alkanes of at least 4 members (excludes halogenated alkanes) is 1. The molecule has 6 heteroatoms. The Bertz CT molecular complexity index is 388. The van der Waals surface area contributed by atoms with Gasteiger partial charge in [-0.2, -0.15) is 0 Å². The number of carbonyl (C=O) groups excluding carboxylic acids is 2. The van der Waals surface area contributed by atoms with Crippen LogP contribution in [0.1, 0.15) is 40.5 Å². The Kier molecular flexibility index (Phi) is 7.48. The highest BCUT2D eigenvalue weighted by molar-refractivity contribution is 6.07. The van der Waals surface area contributed by atoms with E-state index >= 15 is 0 Å². The highest BCUT2D eigenvalue weighted by atomic mass is 16.4. The van der Waals surface area contributed by atoms with Gasteiger partial charge in [0.2, 0.25) is 0 Å². The van der Waals surface area contributed by atoms with Crippen molar-refractivity contribution in [3.8, 4) is 0 Å². The molecule has 0 aromatic heterocycles. The summed E-state index contributed by atoms with van der Waals surface area (Å²) in [6.07, 6.45) is 1.81. The summed E-state index contributed by atoms with van der Waals surface area (Å²) in [6, 6.07) is -0.488. The summed E-state index contributed by atoms with van der Waals surface area (Å²) in [5.74, 6) is -1.83. The number of nitrogens with zero attached hydrogens (tertiary/aromatic N) is 1. The number of carboxylic acids is 1. The summed E-state index contributed by atoms with van der Waals surface area (Å²) in [5.41, 5.74) is -0.0331. The lowest BCUT2D eigenvalue weighted by molar-refractivity contribution is -0.133. The first kappa shape index (κ1) is 17.2. The molecule has 6 nitrogen and oxygen atoms in total. The quantitative estimate of drug-likeness (QED) is 0.720. The van der Waals surface area contributed by atoms with Crippen LogP contribution in [0.4, 0.5) is 4.79 Å². The zero-order valence-electron chi connectivity index (χ0n) is 11.9. The zero-order chi connectivity index (χ0) is 15.0. The van der Waals surface area contributed by atoms with Crippen molar-refractivity contribution in [2.24, 2.45) is 0 Å². The van der Waals surface area contributed by atoms with E-state index in [4.69, 9.17) is 5.11 Å². The Balaban J connectivity index is 4.67. The first-order chi connectivity index (χ1) is 8.84. The molecule has 0 aliphatic carbocycles. The lowest BCUT2D eigenvalue weighted by atomic mass is 10.1. The molecule has 0 aliphatic rings. The number of hydrogen-bond donors (Lipinski definition) is 2. The van der Waals surface area contributed by atoms with Gasteiger partial charge in [-0.05, 0) is 27.2 Å². The predicted molar refractivity (Wildman–Crippen MR) is 71.7 cm³/mol. The van der Waals surface area contributed by atoms with Gasteiger partial charge < -0.3 is 10.0 Å². The smallest absolute Gasteiger partial charge is 0.331 e. The minimum absolute atomic E-state index is 0.0346. The Morgan fingerprint density at radius 1 is 1.11 bits per heavy atom. The minimum Gasteiger partial charge on any atom is -0.478 e. The SMILES string of the molecule is CCCCN(CC)C(=O)NC(=O)C(C)=C(C)C(=O)O. The fourth-order valence-corrected chi connectivity index (χ4v) is 1.35. The maximum atomic E-state index is 11.8. The van der Waals surface area contributed by atoms with Crippen LogP contribution in [0.15, 0.2) is 11.1 Å². The summed E-state index contributed by atoms with van der Waals surface area (Å²) in [7, 11) is 0. The second-order valence-electron chi connectivity index (χ2n) is 4.25. The van der Waals surface area contributed by atoms with Gasteiger partial charge in [0, 0.05) is 24.2 Å². The topological polar surface area (TPSA) is 86.7 Å². The fraction of sp³-hybridized carbons (Fsp3) is 0.615. The van der Waals surface area contributed by atoms with Gasteiger partial charge in [-0.25, -0.2) is 9.59 Å². The van der Waals surface area contributed by atoms with Crippen LogP contribution in [0.25, 0.3) is 0 Å². The molecular weight excluding hydrogens is 248 g/mol. The monoisotopic (exact) mass is 270 g/mol. The molecule has 0 bridgehead atoms. The molecule has 0 fully saturated rings. The zero-order valence-corrected chi connectivity index (χ0v) is 11.9. The van der Waals surface area contributed by atoms with E-state index in [0.717, 1.165) is 12.8 Å². The third kappa shape index (κ3) is 5.54. The summed E-state index contributed by atoms with van der Waals surface area (Å²) in [6.45, 7) is 7.63. The van der Waals surface area contributed by atoms with E-state index in [1.54, 1.807) is 0 Å². The fourth-order valence-electron chi connectivity index (χ4n) is 1.35. The standard InChI is InChI=1S/C13H22N2O4/c1-5-7-8-15(6-2)13(19)14-11(16)9(3)10(4)12(17)18/h5-8H2,1-4H3,(H,17,18)(H,14,16,19). The number of amides is 3. The van der Waals surface area contributed by atoms with Gasteiger partial charge in [0.25, 0.3) is 5.91 Å². The highest BCUT2D eigenvalue weighted by Gasteiger charge is 2.18. The number of rotatable bonds is 6. The first-order valence-corrected chi connectivity index (χ1v) is 6.36. The number of hydrogen-bond acceptors (Lipinski definition) is 3. The van der Waals surface area contributed by atoms with Crippen molar-refractivity contribution in [2.75, 3.05) is 13.1 Å². The molecule has 0 rings (SSSR count). The van der Waals surface area contributed by atoms with E-state index in [2.05, 4.69) is 5.32 Å². The number of aliphatic carboxylic acids is 1. The van der Waals surface area contributed by atoms with Crippen LogP contribution in [0.3, 0.4) is 0 Å². The lowest BCUT2D eigenvalue weighted by Gasteiger charge is -2.20. The molecule has 0 heterocycles. The Morgan fingerprint density at radius 3 is 2.11 bits per heavy atom. The summed E-state index contributed by atoms with van der Waals surface area (Å²) in [5, 5.41) is 11.0. The Labute approximate surface area is 113 Å². The molecule has 0 atom stereocenters. The molecule has 19 heavy (non-hydrogen) atoms. The van der Waals surface area contributed by atoms with Gasteiger partial charge in [0.15, 0.2) is 0 Å². The van der Waals surface area contributed by atoms with Crippen LogP contribution in [0, 0.1) is 0 Å². The van der Waals surface area contributed by atoms with Crippen LogP contribution in [-0.2, 0) is 9.59 Å². The van der Waals surface area contributed by atoms with Gasteiger partial charge in [0.05, 0.1) is 0 Å². The molecule has 0 spiro atoms. The third-order valence-electron chi connectivity index (χ3n) is 2.89. The van der Waals surface area contributed by atoms with E-state index in [0.29, 0.717) is 13.1 Å². The van der Waals surface area contributed by atoms with Gasteiger partial charge in [-0.3, -0.25) is 10.1 Å². The van der Waals surface area contributed by atoms with E-state index in [1.165, 1.54) is 18.7 Å². The number of imide groups is 1. The van der Waals surface area contributed by atoms with Gasteiger partial charge in [-0.15, -0.1) is 0 Å². The van der Waals surface area contributed by atoms with Crippen LogP contribution < -0.4 is 5.32 Å². The molecule has 0 radical (unpaired) electrons. The molecule has 0 unspecified atom stereocenters. The predicted octanol–water partition coefficient (Wildman–Crippen LogP) is 1.77. The molecule has 0 saturated carbocycles. The Morgan fingerprint density at radius 2 is 1.68 bits per heavy atom. The average molecular weight is 270 g/mol. The highest BCUT2D eigenvalue weighted by Crippen LogP contribution is 2.04. The first-order valence-electron chi connectivity index (χ1n) is 6.36. The van der Waals surface area contributed by atoms with Gasteiger partial charge in [-0.1, -0.05) is 13.3 Å². The Hall–Kier alpha value is -1.85. The second-order valence-corrected chi connectivity index (χ2v) is 4.25. The van der Waals surface area contributed by atoms with Crippen molar-refractivity contribution in [3.63, 3.8) is 0 Å². The molecule has 0 aromatic carbocycles. The van der Waals surface area contributed by atoms with Crippen molar-refractivity contribution < 1.29 is 19.5 Å². The summed E-state index contributed by atoms with van der Waals surface area (Å²) >= 11 is 0. The van der Waals surface area contributed by atoms with Gasteiger partial charge in [0.1, 0.15) is 0 Å². The molecule has 0 saturated heterocycles. The van der Waals surface area contributed by atoms with Crippen molar-refractivity contribution in [1.82, 2.24) is 10.2 Å². The number of urea groups is 1. The van der Waals surface area contributed by atoms with Gasteiger partial charge >= 0.3 is 12.0 Å². The molecule has 0 aromatic rings. The van der Waals surface area contributed by atoms with E-state index < -0.39 is 17.9 Å². The molecule has 2 N–H and O–H groups in total. The maximum absolute atomic E-state index is 11.8. The minimum atomic E-state index is -1.17. The van der Waals surface area contributed by atoms with Crippen molar-refractivity contribution in [3.05, 3.63) is 11.1 Å². The van der Waals surface area contributed by atoms with E-state index in [9.17, 15) is 14.4 Å². The maximum Gasteiger partial charge on any atom is 0.331 e. The molecular formula is C13H22N2O4. The molecule has 0 aliphatic heterocycles. The summed E-state index contributed by atoms with van der Waals surface area (Å²) in [4.78, 5) is 35.8. The summed E-state index contributed by atoms with van der Waals surface area (Å²) < 4.78 is 0. The van der Waals surface area contributed by atoms with E-state index in [1.807, 2.05) is 13.8 Å². The van der Waals surface area contributed by atoms with Crippen molar-refractivity contribution >= 4 is 17.9 Å². The van der Waals surface area contributed by atoms with Crippen LogP contribution >= 0.6 is 0 Å². The second kappa shape index (κ2) is 8.29. The average Bonchev–Trinajstić information content (AvgIpc) is 2.37. The third-order valence-corrected chi connectivity index (χ3v) is 2.89. The molecule has 108 valence electrons.